The van der Waals surface area contributed by atoms with Crippen LogP contribution >= 0.6 is 0 Å². The number of carbonyl (C=O) groups is 2. The summed E-state index contributed by atoms with van der Waals surface area (Å²) in [5, 5.41) is 5.67. The SMILES string of the molecule is NC(=O)c1cc(N)cnc1NC1CCCNC1=O. The number of nitrogens with zero attached hydrogens (tertiary/aromatic N) is 1. The van der Waals surface area contributed by atoms with E-state index in [1.54, 1.807) is 0 Å². The van der Waals surface area contributed by atoms with Crippen molar-refractivity contribution in [2.24, 2.45) is 5.73 Å². The van der Waals surface area contributed by atoms with Gasteiger partial charge in [-0.25, -0.2) is 4.98 Å². The number of pyridine rings is 1. The van der Waals surface area contributed by atoms with Crippen LogP contribution in [-0.4, -0.2) is 29.4 Å². The van der Waals surface area contributed by atoms with Gasteiger partial charge in [-0.2, -0.15) is 0 Å². The van der Waals surface area contributed by atoms with E-state index >= 15 is 0 Å². The van der Waals surface area contributed by atoms with E-state index < -0.39 is 11.9 Å². The summed E-state index contributed by atoms with van der Waals surface area (Å²) < 4.78 is 0. The molecule has 0 saturated carbocycles. The first-order chi connectivity index (χ1) is 8.58. The molecule has 6 N–H and O–H groups in total. The monoisotopic (exact) mass is 249 g/mol. The highest BCUT2D eigenvalue weighted by molar-refractivity contribution is 5.99. The molecule has 2 heterocycles. The molecule has 1 aliphatic heterocycles. The van der Waals surface area contributed by atoms with Crippen LogP contribution < -0.4 is 22.1 Å². The van der Waals surface area contributed by atoms with Gasteiger partial charge in [0.05, 0.1) is 17.4 Å². The molecule has 1 fully saturated rings. The lowest BCUT2D eigenvalue weighted by molar-refractivity contribution is -0.123. The fraction of sp³-hybridized carbons (Fsp3) is 0.364. The largest absolute Gasteiger partial charge is 0.397 e. The third kappa shape index (κ3) is 2.50. The first kappa shape index (κ1) is 12.2. The highest BCUT2D eigenvalue weighted by Gasteiger charge is 2.23. The summed E-state index contributed by atoms with van der Waals surface area (Å²) >= 11 is 0. The van der Waals surface area contributed by atoms with Crippen molar-refractivity contribution in [1.29, 1.82) is 0 Å². The Morgan fingerprint density at radius 3 is 3.00 bits per heavy atom. The summed E-state index contributed by atoms with van der Waals surface area (Å²) in [6.07, 6.45) is 2.98. The van der Waals surface area contributed by atoms with Crippen LogP contribution in [0, 0.1) is 0 Å². The van der Waals surface area contributed by atoms with E-state index in [1.165, 1.54) is 12.3 Å². The van der Waals surface area contributed by atoms with Gasteiger partial charge in [0.2, 0.25) is 5.91 Å². The number of carbonyl (C=O) groups excluding carboxylic acids is 2. The van der Waals surface area contributed by atoms with E-state index in [4.69, 9.17) is 11.5 Å². The fourth-order valence-corrected chi connectivity index (χ4v) is 1.86. The topological polar surface area (TPSA) is 123 Å². The molecule has 1 unspecified atom stereocenters. The molecule has 1 saturated heterocycles. The number of hydrogen-bond acceptors (Lipinski definition) is 5. The van der Waals surface area contributed by atoms with E-state index in [0.29, 0.717) is 24.5 Å². The van der Waals surface area contributed by atoms with E-state index in [0.717, 1.165) is 6.42 Å². The van der Waals surface area contributed by atoms with Crippen molar-refractivity contribution in [3.63, 3.8) is 0 Å². The number of hydrogen-bond donors (Lipinski definition) is 4. The molecule has 96 valence electrons. The van der Waals surface area contributed by atoms with Crippen molar-refractivity contribution in [2.75, 3.05) is 17.6 Å². The predicted molar refractivity (Wildman–Crippen MR) is 66.8 cm³/mol. The maximum atomic E-state index is 11.6. The number of nitrogens with one attached hydrogen (secondary N) is 2. The molecule has 2 rings (SSSR count). The number of nitrogen functional groups attached to an aromatic ring is 1. The van der Waals surface area contributed by atoms with E-state index in [1.807, 2.05) is 0 Å². The molecule has 0 aromatic carbocycles. The number of amides is 2. The molecule has 0 aliphatic carbocycles. The van der Waals surface area contributed by atoms with E-state index in [-0.39, 0.29) is 11.5 Å². The van der Waals surface area contributed by atoms with Gasteiger partial charge < -0.3 is 22.1 Å². The normalized spacial score (nSPS) is 19.1. The van der Waals surface area contributed by atoms with Crippen LogP contribution in [0.15, 0.2) is 12.3 Å². The van der Waals surface area contributed by atoms with E-state index in [9.17, 15) is 9.59 Å². The first-order valence-electron chi connectivity index (χ1n) is 5.67. The van der Waals surface area contributed by atoms with Crippen molar-refractivity contribution < 1.29 is 9.59 Å². The molecule has 0 bridgehead atoms. The number of nitrogens with two attached hydrogens (primary N) is 2. The molecule has 7 nitrogen and oxygen atoms in total. The number of rotatable bonds is 3. The minimum atomic E-state index is -0.631. The molecule has 1 atom stereocenters. The summed E-state index contributed by atoms with van der Waals surface area (Å²) in [7, 11) is 0. The van der Waals surface area contributed by atoms with Gasteiger partial charge in [0.25, 0.3) is 5.91 Å². The van der Waals surface area contributed by atoms with Gasteiger partial charge in [-0.15, -0.1) is 0 Å². The smallest absolute Gasteiger partial charge is 0.252 e. The molecule has 1 aromatic heterocycles. The summed E-state index contributed by atoms with van der Waals surface area (Å²) in [6.45, 7) is 0.675. The molecule has 0 spiro atoms. The van der Waals surface area contributed by atoms with Gasteiger partial charge in [0.15, 0.2) is 0 Å². The van der Waals surface area contributed by atoms with Crippen molar-refractivity contribution in [3.8, 4) is 0 Å². The summed E-state index contributed by atoms with van der Waals surface area (Å²) in [6, 6.07) is 1.05. The Kier molecular flexibility index (Phi) is 3.31. The number of anilines is 2. The summed E-state index contributed by atoms with van der Waals surface area (Å²) in [5.41, 5.74) is 11.3. The minimum absolute atomic E-state index is 0.102. The van der Waals surface area contributed by atoms with Gasteiger partial charge in [0.1, 0.15) is 11.9 Å². The second kappa shape index (κ2) is 4.91. The number of piperidine rings is 1. The predicted octanol–water partition coefficient (Wildman–Crippen LogP) is -0.547. The van der Waals surface area contributed by atoms with Crippen LogP contribution in [0.5, 0.6) is 0 Å². The Bertz CT molecular complexity index is 488. The standard InChI is InChI=1S/C11H15N5O2/c12-6-4-7(9(13)17)10(15-5-6)16-8-2-1-3-14-11(8)18/h4-5,8H,1-3,12H2,(H2,13,17)(H,14,18)(H,15,16). The zero-order valence-corrected chi connectivity index (χ0v) is 9.77. The molecule has 0 radical (unpaired) electrons. The molecular formula is C11H15N5O2. The Hall–Kier alpha value is -2.31. The number of primary amides is 1. The van der Waals surface area contributed by atoms with Crippen molar-refractivity contribution in [2.45, 2.75) is 18.9 Å². The fourth-order valence-electron chi connectivity index (χ4n) is 1.86. The average molecular weight is 249 g/mol. The maximum absolute atomic E-state index is 11.6. The van der Waals surface area contributed by atoms with Gasteiger partial charge in [-0.05, 0) is 18.9 Å². The summed E-state index contributed by atoms with van der Waals surface area (Å²) in [5.74, 6) is -0.442. The third-order valence-corrected chi connectivity index (χ3v) is 2.77. The van der Waals surface area contributed by atoms with Crippen molar-refractivity contribution >= 4 is 23.3 Å². The molecule has 7 heteroatoms. The zero-order chi connectivity index (χ0) is 13.1. The van der Waals surface area contributed by atoms with E-state index in [2.05, 4.69) is 15.6 Å². The molecule has 18 heavy (non-hydrogen) atoms. The second-order valence-electron chi connectivity index (χ2n) is 4.16. The van der Waals surface area contributed by atoms with Gasteiger partial charge in [0, 0.05) is 6.54 Å². The first-order valence-corrected chi connectivity index (χ1v) is 5.67. The maximum Gasteiger partial charge on any atom is 0.252 e. The summed E-state index contributed by atoms with van der Waals surface area (Å²) in [4.78, 5) is 26.9. The molecule has 1 aromatic rings. The van der Waals surface area contributed by atoms with Crippen LogP contribution in [0.1, 0.15) is 23.2 Å². The Balaban J connectivity index is 2.22. The van der Waals surface area contributed by atoms with Crippen LogP contribution in [0.3, 0.4) is 0 Å². The lowest BCUT2D eigenvalue weighted by Crippen LogP contribution is -2.44. The average Bonchev–Trinajstić information content (AvgIpc) is 2.34. The Morgan fingerprint density at radius 1 is 1.56 bits per heavy atom. The van der Waals surface area contributed by atoms with Crippen LogP contribution in [0.25, 0.3) is 0 Å². The van der Waals surface area contributed by atoms with Gasteiger partial charge >= 0.3 is 0 Å². The van der Waals surface area contributed by atoms with Crippen molar-refractivity contribution in [3.05, 3.63) is 17.8 Å². The van der Waals surface area contributed by atoms with Crippen LogP contribution in [0.2, 0.25) is 0 Å². The second-order valence-corrected chi connectivity index (χ2v) is 4.16. The Labute approximate surface area is 104 Å². The highest BCUT2D eigenvalue weighted by Crippen LogP contribution is 2.18. The Morgan fingerprint density at radius 2 is 2.33 bits per heavy atom. The minimum Gasteiger partial charge on any atom is -0.397 e. The lowest BCUT2D eigenvalue weighted by atomic mass is 10.1. The van der Waals surface area contributed by atoms with Gasteiger partial charge in [-0.1, -0.05) is 0 Å². The quantitative estimate of drug-likeness (QED) is 0.572. The van der Waals surface area contributed by atoms with Crippen molar-refractivity contribution in [1.82, 2.24) is 10.3 Å². The van der Waals surface area contributed by atoms with Crippen LogP contribution in [-0.2, 0) is 4.79 Å². The zero-order valence-electron chi connectivity index (χ0n) is 9.77. The van der Waals surface area contributed by atoms with Gasteiger partial charge in [-0.3, -0.25) is 9.59 Å². The lowest BCUT2D eigenvalue weighted by Gasteiger charge is -2.23. The third-order valence-electron chi connectivity index (χ3n) is 2.77. The molecule has 2 amide bonds. The molecule has 1 aliphatic rings. The number of aromatic nitrogens is 1. The highest BCUT2D eigenvalue weighted by atomic mass is 16.2. The van der Waals surface area contributed by atoms with Crippen LogP contribution in [0.4, 0.5) is 11.5 Å². The molecular weight excluding hydrogens is 234 g/mol.